The number of benzene rings is 1. The van der Waals surface area contributed by atoms with Gasteiger partial charge in [0, 0.05) is 39.3 Å². The number of methoxy groups -OCH3 is 1. The van der Waals surface area contributed by atoms with E-state index in [0.29, 0.717) is 19.3 Å². The fourth-order valence-corrected chi connectivity index (χ4v) is 2.35. The second kappa shape index (κ2) is 7.48. The van der Waals surface area contributed by atoms with Gasteiger partial charge in [-0.1, -0.05) is 12.1 Å². The molecule has 1 heterocycles. The Morgan fingerprint density at radius 3 is 2.74 bits per heavy atom. The van der Waals surface area contributed by atoms with Crippen LogP contribution in [0.5, 0.6) is 5.75 Å². The Morgan fingerprint density at radius 2 is 2.05 bits per heavy atom. The predicted octanol–water partition coefficient (Wildman–Crippen LogP) is 1.51. The van der Waals surface area contributed by atoms with Crippen LogP contribution in [0.1, 0.15) is 12.5 Å². The summed E-state index contributed by atoms with van der Waals surface area (Å²) in [7, 11) is 1.68. The van der Waals surface area contributed by atoms with E-state index < -0.39 is 0 Å². The lowest BCUT2D eigenvalue weighted by atomic mass is 10.1. The lowest BCUT2D eigenvalue weighted by molar-refractivity contribution is 0.146. The summed E-state index contributed by atoms with van der Waals surface area (Å²) in [5.41, 5.74) is 1.34. The molecule has 1 N–H and O–H groups in total. The van der Waals surface area contributed by atoms with E-state index >= 15 is 0 Å². The molecule has 0 radical (unpaired) electrons. The fourth-order valence-electron chi connectivity index (χ4n) is 2.35. The molecule has 1 aliphatic heterocycles. The molecule has 1 atom stereocenters. The average Bonchev–Trinajstić information content (AvgIpc) is 2.41. The minimum absolute atomic E-state index is 0.588. The first-order chi connectivity index (χ1) is 9.28. The molecule has 0 spiro atoms. The van der Waals surface area contributed by atoms with E-state index in [2.05, 4.69) is 29.3 Å². The molecule has 106 valence electrons. The van der Waals surface area contributed by atoms with Crippen molar-refractivity contribution in [3.63, 3.8) is 0 Å². The van der Waals surface area contributed by atoms with Gasteiger partial charge in [0.25, 0.3) is 0 Å². The van der Waals surface area contributed by atoms with Gasteiger partial charge in [0.15, 0.2) is 0 Å². The molecule has 1 aromatic rings. The van der Waals surface area contributed by atoms with Crippen molar-refractivity contribution >= 4 is 0 Å². The molecule has 0 unspecified atom stereocenters. The number of nitrogens with one attached hydrogen (secondary N) is 1. The van der Waals surface area contributed by atoms with E-state index in [1.807, 2.05) is 12.1 Å². The number of nitrogens with zero attached hydrogens (tertiary/aromatic N) is 1. The second-order valence-electron chi connectivity index (χ2n) is 5.08. The van der Waals surface area contributed by atoms with Crippen LogP contribution in [-0.2, 0) is 11.3 Å². The van der Waals surface area contributed by atoms with Crippen LogP contribution in [0.3, 0.4) is 0 Å². The molecule has 1 fully saturated rings. The van der Waals surface area contributed by atoms with E-state index in [0.717, 1.165) is 31.9 Å². The van der Waals surface area contributed by atoms with Gasteiger partial charge in [0.1, 0.15) is 12.4 Å². The summed E-state index contributed by atoms with van der Waals surface area (Å²) in [4.78, 5) is 2.49. The van der Waals surface area contributed by atoms with E-state index in [1.165, 1.54) is 5.56 Å². The topological polar surface area (TPSA) is 33.7 Å². The first-order valence-electron chi connectivity index (χ1n) is 6.94. The summed E-state index contributed by atoms with van der Waals surface area (Å²) in [6.45, 7) is 7.80. The van der Waals surface area contributed by atoms with Gasteiger partial charge in [0.05, 0.1) is 6.61 Å². The minimum Gasteiger partial charge on any atom is -0.491 e. The van der Waals surface area contributed by atoms with Crippen LogP contribution < -0.4 is 10.1 Å². The molecule has 4 nitrogen and oxygen atoms in total. The molecule has 4 heteroatoms. The lowest BCUT2D eigenvalue weighted by Crippen LogP contribution is -2.48. The Bertz CT molecular complexity index is 367. The molecular formula is C15H24N2O2. The van der Waals surface area contributed by atoms with Crippen LogP contribution in [0.2, 0.25) is 0 Å². The van der Waals surface area contributed by atoms with E-state index in [4.69, 9.17) is 9.47 Å². The largest absolute Gasteiger partial charge is 0.491 e. The van der Waals surface area contributed by atoms with Crippen molar-refractivity contribution in [2.75, 3.05) is 40.0 Å². The maximum atomic E-state index is 5.56. The van der Waals surface area contributed by atoms with Crippen molar-refractivity contribution < 1.29 is 9.47 Å². The Hall–Kier alpha value is -1.10. The summed E-state index contributed by atoms with van der Waals surface area (Å²) < 4.78 is 10.5. The van der Waals surface area contributed by atoms with E-state index in [-0.39, 0.29) is 0 Å². The maximum absolute atomic E-state index is 5.56. The van der Waals surface area contributed by atoms with Gasteiger partial charge in [-0.05, 0) is 24.6 Å². The number of rotatable bonds is 6. The molecule has 0 aromatic heterocycles. The summed E-state index contributed by atoms with van der Waals surface area (Å²) in [5.74, 6) is 0.912. The van der Waals surface area contributed by atoms with Gasteiger partial charge in [-0.25, -0.2) is 0 Å². The standard InChI is InChI=1S/C15H24N2O2/c1-13-11-17(8-7-16-13)12-14-3-5-15(6-4-14)19-10-9-18-2/h3-6,13,16H,7-12H2,1-2H3/t13-/m0/s1. The first-order valence-corrected chi connectivity index (χ1v) is 6.94. The summed E-state index contributed by atoms with van der Waals surface area (Å²) in [6, 6.07) is 8.96. The highest BCUT2D eigenvalue weighted by molar-refractivity contribution is 5.27. The van der Waals surface area contributed by atoms with Gasteiger partial charge in [0.2, 0.25) is 0 Å². The Morgan fingerprint density at radius 1 is 1.26 bits per heavy atom. The van der Waals surface area contributed by atoms with E-state index in [9.17, 15) is 0 Å². The Balaban J connectivity index is 1.81. The van der Waals surface area contributed by atoms with Crippen molar-refractivity contribution in [3.8, 4) is 5.75 Å². The van der Waals surface area contributed by atoms with Crippen LogP contribution in [0.15, 0.2) is 24.3 Å². The van der Waals surface area contributed by atoms with Crippen LogP contribution >= 0.6 is 0 Å². The van der Waals surface area contributed by atoms with Crippen LogP contribution in [0.4, 0.5) is 0 Å². The van der Waals surface area contributed by atoms with Crippen LogP contribution in [0, 0.1) is 0 Å². The smallest absolute Gasteiger partial charge is 0.119 e. The third-order valence-corrected chi connectivity index (χ3v) is 3.34. The zero-order chi connectivity index (χ0) is 13.5. The van der Waals surface area contributed by atoms with Gasteiger partial charge < -0.3 is 14.8 Å². The fraction of sp³-hybridized carbons (Fsp3) is 0.600. The highest BCUT2D eigenvalue weighted by atomic mass is 16.5. The minimum atomic E-state index is 0.588. The number of hydrogen-bond donors (Lipinski definition) is 1. The van der Waals surface area contributed by atoms with Gasteiger partial charge in [-0.15, -0.1) is 0 Å². The van der Waals surface area contributed by atoms with Crippen molar-refractivity contribution in [2.24, 2.45) is 0 Å². The highest BCUT2D eigenvalue weighted by Crippen LogP contribution is 2.14. The van der Waals surface area contributed by atoms with Crippen LogP contribution in [-0.4, -0.2) is 50.9 Å². The maximum Gasteiger partial charge on any atom is 0.119 e. The van der Waals surface area contributed by atoms with Gasteiger partial charge in [-0.2, -0.15) is 0 Å². The molecule has 1 saturated heterocycles. The summed E-state index contributed by atoms with van der Waals surface area (Å²) >= 11 is 0. The predicted molar refractivity (Wildman–Crippen MR) is 76.6 cm³/mol. The summed E-state index contributed by atoms with van der Waals surface area (Å²) in [5, 5.41) is 3.46. The quantitative estimate of drug-likeness (QED) is 0.790. The van der Waals surface area contributed by atoms with E-state index in [1.54, 1.807) is 7.11 Å². The molecule has 2 rings (SSSR count). The second-order valence-corrected chi connectivity index (χ2v) is 5.08. The Labute approximate surface area is 115 Å². The number of piperazine rings is 1. The molecular weight excluding hydrogens is 240 g/mol. The normalized spacial score (nSPS) is 20.4. The SMILES string of the molecule is COCCOc1ccc(CN2CCN[C@@H](C)C2)cc1. The molecule has 0 bridgehead atoms. The molecule has 0 amide bonds. The van der Waals surface area contributed by atoms with Crippen molar-refractivity contribution in [1.82, 2.24) is 10.2 Å². The first kappa shape index (κ1) is 14.3. The third kappa shape index (κ3) is 4.82. The van der Waals surface area contributed by atoms with Gasteiger partial charge >= 0.3 is 0 Å². The number of hydrogen-bond acceptors (Lipinski definition) is 4. The van der Waals surface area contributed by atoms with Crippen molar-refractivity contribution in [1.29, 1.82) is 0 Å². The summed E-state index contributed by atoms with van der Waals surface area (Å²) in [6.07, 6.45) is 0. The molecule has 1 aliphatic rings. The van der Waals surface area contributed by atoms with Crippen molar-refractivity contribution in [2.45, 2.75) is 19.5 Å². The zero-order valence-corrected chi connectivity index (χ0v) is 11.9. The van der Waals surface area contributed by atoms with Crippen LogP contribution in [0.25, 0.3) is 0 Å². The zero-order valence-electron chi connectivity index (χ0n) is 11.9. The lowest BCUT2D eigenvalue weighted by Gasteiger charge is -2.31. The molecule has 1 aromatic carbocycles. The van der Waals surface area contributed by atoms with Gasteiger partial charge in [-0.3, -0.25) is 4.90 Å². The average molecular weight is 264 g/mol. The molecule has 0 aliphatic carbocycles. The Kier molecular flexibility index (Phi) is 5.63. The molecule has 19 heavy (non-hydrogen) atoms. The monoisotopic (exact) mass is 264 g/mol. The molecule has 0 saturated carbocycles. The van der Waals surface area contributed by atoms with Crippen molar-refractivity contribution in [3.05, 3.63) is 29.8 Å². The highest BCUT2D eigenvalue weighted by Gasteiger charge is 2.15. The number of ether oxygens (including phenoxy) is 2. The third-order valence-electron chi connectivity index (χ3n) is 3.34.